The SMILES string of the molecule is CC(C)C1CN(CCc2cccs2)C(C)CN1. The molecule has 0 aliphatic carbocycles. The van der Waals surface area contributed by atoms with Gasteiger partial charge >= 0.3 is 0 Å². The molecule has 1 aliphatic rings. The van der Waals surface area contributed by atoms with Gasteiger partial charge in [-0.15, -0.1) is 11.3 Å². The predicted molar refractivity (Wildman–Crippen MR) is 75.7 cm³/mol. The molecule has 1 aliphatic heterocycles. The number of nitrogens with one attached hydrogen (secondary N) is 1. The van der Waals surface area contributed by atoms with E-state index >= 15 is 0 Å². The van der Waals surface area contributed by atoms with E-state index < -0.39 is 0 Å². The summed E-state index contributed by atoms with van der Waals surface area (Å²) in [7, 11) is 0. The Morgan fingerprint density at radius 2 is 2.35 bits per heavy atom. The average Bonchev–Trinajstić information content (AvgIpc) is 2.80. The van der Waals surface area contributed by atoms with Gasteiger partial charge in [-0.1, -0.05) is 19.9 Å². The van der Waals surface area contributed by atoms with Crippen LogP contribution in [0.1, 0.15) is 25.6 Å². The first kappa shape index (κ1) is 13.1. The largest absolute Gasteiger partial charge is 0.311 e. The molecule has 2 heterocycles. The van der Waals surface area contributed by atoms with Crippen molar-refractivity contribution in [3.8, 4) is 0 Å². The molecule has 0 radical (unpaired) electrons. The van der Waals surface area contributed by atoms with Gasteiger partial charge in [-0.25, -0.2) is 0 Å². The monoisotopic (exact) mass is 252 g/mol. The van der Waals surface area contributed by atoms with Crippen LogP contribution in [-0.4, -0.2) is 36.6 Å². The topological polar surface area (TPSA) is 15.3 Å². The first-order chi connectivity index (χ1) is 8.16. The number of piperazine rings is 1. The molecule has 2 unspecified atom stereocenters. The summed E-state index contributed by atoms with van der Waals surface area (Å²) in [5, 5.41) is 5.83. The quantitative estimate of drug-likeness (QED) is 0.886. The molecule has 1 aromatic heterocycles. The second-order valence-electron chi connectivity index (χ2n) is 5.43. The lowest BCUT2D eigenvalue weighted by molar-refractivity contribution is 0.125. The first-order valence-electron chi connectivity index (χ1n) is 6.66. The third kappa shape index (κ3) is 3.54. The summed E-state index contributed by atoms with van der Waals surface area (Å²) >= 11 is 1.88. The molecule has 1 fully saturated rings. The Kier molecular flexibility index (Phi) is 4.60. The van der Waals surface area contributed by atoms with Crippen LogP contribution in [-0.2, 0) is 6.42 Å². The van der Waals surface area contributed by atoms with Crippen molar-refractivity contribution in [2.24, 2.45) is 5.92 Å². The van der Waals surface area contributed by atoms with Crippen LogP contribution < -0.4 is 5.32 Å². The molecular formula is C14H24N2S. The molecule has 0 saturated carbocycles. The Labute approximate surface area is 109 Å². The zero-order chi connectivity index (χ0) is 12.3. The second kappa shape index (κ2) is 5.98. The molecule has 3 heteroatoms. The van der Waals surface area contributed by atoms with Crippen molar-refractivity contribution in [1.29, 1.82) is 0 Å². The van der Waals surface area contributed by atoms with Crippen molar-refractivity contribution < 1.29 is 0 Å². The van der Waals surface area contributed by atoms with Crippen LogP contribution in [0.2, 0.25) is 0 Å². The van der Waals surface area contributed by atoms with E-state index in [1.807, 2.05) is 11.3 Å². The van der Waals surface area contributed by atoms with E-state index in [2.05, 4.69) is 48.5 Å². The Bertz CT molecular complexity index is 321. The molecule has 0 aromatic carbocycles. The standard InChI is InChI=1S/C14H24N2S/c1-11(2)14-10-16(12(3)9-15-14)7-6-13-5-4-8-17-13/h4-5,8,11-12,14-15H,6-7,9-10H2,1-3H3. The summed E-state index contributed by atoms with van der Waals surface area (Å²) in [6.45, 7) is 10.5. The van der Waals surface area contributed by atoms with Crippen molar-refractivity contribution in [1.82, 2.24) is 10.2 Å². The molecule has 2 nitrogen and oxygen atoms in total. The molecule has 96 valence electrons. The lowest BCUT2D eigenvalue weighted by atomic mass is 9.99. The van der Waals surface area contributed by atoms with E-state index in [0.717, 1.165) is 12.5 Å². The van der Waals surface area contributed by atoms with Crippen LogP contribution in [0.3, 0.4) is 0 Å². The highest BCUT2D eigenvalue weighted by Crippen LogP contribution is 2.15. The minimum absolute atomic E-state index is 0.662. The van der Waals surface area contributed by atoms with Gasteiger partial charge in [-0.05, 0) is 30.7 Å². The minimum Gasteiger partial charge on any atom is -0.311 e. The van der Waals surface area contributed by atoms with Gasteiger partial charge in [0.2, 0.25) is 0 Å². The Hall–Kier alpha value is -0.380. The maximum Gasteiger partial charge on any atom is 0.0218 e. The fourth-order valence-corrected chi connectivity index (χ4v) is 3.11. The van der Waals surface area contributed by atoms with E-state index in [1.54, 1.807) is 0 Å². The van der Waals surface area contributed by atoms with Gasteiger partial charge in [0, 0.05) is 36.6 Å². The molecule has 2 rings (SSSR count). The highest BCUT2D eigenvalue weighted by molar-refractivity contribution is 7.09. The maximum atomic E-state index is 3.65. The Morgan fingerprint density at radius 1 is 1.53 bits per heavy atom. The molecule has 0 bridgehead atoms. The van der Waals surface area contributed by atoms with Gasteiger partial charge in [0.25, 0.3) is 0 Å². The molecule has 0 amide bonds. The lowest BCUT2D eigenvalue weighted by Crippen LogP contribution is -2.57. The summed E-state index contributed by atoms with van der Waals surface area (Å²) in [4.78, 5) is 4.15. The number of rotatable bonds is 4. The van der Waals surface area contributed by atoms with Gasteiger partial charge in [-0.3, -0.25) is 4.90 Å². The number of hydrogen-bond acceptors (Lipinski definition) is 3. The molecule has 1 N–H and O–H groups in total. The minimum atomic E-state index is 0.662. The van der Waals surface area contributed by atoms with Gasteiger partial charge in [0.1, 0.15) is 0 Å². The summed E-state index contributed by atoms with van der Waals surface area (Å²) < 4.78 is 0. The molecule has 17 heavy (non-hydrogen) atoms. The molecule has 1 aromatic rings. The fraction of sp³-hybridized carbons (Fsp3) is 0.714. The van der Waals surface area contributed by atoms with E-state index in [0.29, 0.717) is 12.1 Å². The summed E-state index contributed by atoms with van der Waals surface area (Å²) in [5.74, 6) is 0.728. The van der Waals surface area contributed by atoms with Crippen molar-refractivity contribution in [3.63, 3.8) is 0 Å². The number of thiophene rings is 1. The third-order valence-corrected chi connectivity index (χ3v) is 4.70. The Balaban J connectivity index is 1.85. The zero-order valence-corrected chi connectivity index (χ0v) is 12.0. The van der Waals surface area contributed by atoms with Crippen LogP contribution in [0.25, 0.3) is 0 Å². The summed E-state index contributed by atoms with van der Waals surface area (Å²) in [5.41, 5.74) is 0. The zero-order valence-electron chi connectivity index (χ0n) is 11.1. The smallest absolute Gasteiger partial charge is 0.0218 e. The van der Waals surface area contributed by atoms with Crippen molar-refractivity contribution >= 4 is 11.3 Å². The van der Waals surface area contributed by atoms with Crippen LogP contribution >= 0.6 is 11.3 Å². The van der Waals surface area contributed by atoms with Gasteiger partial charge in [0.05, 0.1) is 0 Å². The van der Waals surface area contributed by atoms with Crippen molar-refractivity contribution in [3.05, 3.63) is 22.4 Å². The second-order valence-corrected chi connectivity index (χ2v) is 6.46. The maximum absolute atomic E-state index is 3.65. The van der Waals surface area contributed by atoms with Crippen LogP contribution in [0.15, 0.2) is 17.5 Å². The molecule has 1 saturated heterocycles. The van der Waals surface area contributed by atoms with Gasteiger partial charge in [0.15, 0.2) is 0 Å². The van der Waals surface area contributed by atoms with Crippen molar-refractivity contribution in [2.45, 2.75) is 39.3 Å². The van der Waals surface area contributed by atoms with Crippen LogP contribution in [0.4, 0.5) is 0 Å². The number of hydrogen-bond donors (Lipinski definition) is 1. The van der Waals surface area contributed by atoms with Gasteiger partial charge < -0.3 is 5.32 Å². The van der Waals surface area contributed by atoms with Crippen LogP contribution in [0.5, 0.6) is 0 Å². The third-order valence-electron chi connectivity index (χ3n) is 3.76. The fourth-order valence-electron chi connectivity index (χ4n) is 2.41. The Morgan fingerprint density at radius 3 is 3.00 bits per heavy atom. The molecule has 0 spiro atoms. The molecular weight excluding hydrogens is 228 g/mol. The van der Waals surface area contributed by atoms with E-state index in [1.165, 1.54) is 24.4 Å². The molecule has 2 atom stereocenters. The first-order valence-corrected chi connectivity index (χ1v) is 7.54. The normalized spacial score (nSPS) is 26.6. The van der Waals surface area contributed by atoms with Crippen molar-refractivity contribution in [2.75, 3.05) is 19.6 Å². The highest BCUT2D eigenvalue weighted by atomic mass is 32.1. The average molecular weight is 252 g/mol. The summed E-state index contributed by atoms with van der Waals surface area (Å²) in [6, 6.07) is 5.73. The van der Waals surface area contributed by atoms with Crippen LogP contribution in [0, 0.1) is 5.92 Å². The van der Waals surface area contributed by atoms with E-state index in [9.17, 15) is 0 Å². The van der Waals surface area contributed by atoms with E-state index in [4.69, 9.17) is 0 Å². The predicted octanol–water partition coefficient (Wildman–Crippen LogP) is 2.61. The van der Waals surface area contributed by atoms with Gasteiger partial charge in [-0.2, -0.15) is 0 Å². The summed E-state index contributed by atoms with van der Waals surface area (Å²) in [6.07, 6.45) is 1.20. The number of nitrogens with zero attached hydrogens (tertiary/aromatic N) is 1. The lowest BCUT2D eigenvalue weighted by Gasteiger charge is -2.40. The van der Waals surface area contributed by atoms with E-state index in [-0.39, 0.29) is 0 Å². The highest BCUT2D eigenvalue weighted by Gasteiger charge is 2.26.